The van der Waals surface area contributed by atoms with Gasteiger partial charge in [0.05, 0.1) is 13.4 Å². The molecule has 158 valence electrons. The predicted molar refractivity (Wildman–Crippen MR) is 103 cm³/mol. The third-order valence-corrected chi connectivity index (χ3v) is 5.75. The number of ether oxygens (including phenoxy) is 1. The van der Waals surface area contributed by atoms with E-state index in [1.54, 1.807) is 6.07 Å². The monoisotopic (exact) mass is 435 g/mol. The van der Waals surface area contributed by atoms with Gasteiger partial charge in [0.25, 0.3) is 11.8 Å². The van der Waals surface area contributed by atoms with Crippen LogP contribution in [0.3, 0.4) is 0 Å². The van der Waals surface area contributed by atoms with E-state index >= 15 is 0 Å². The maximum absolute atomic E-state index is 12.7. The molecule has 30 heavy (non-hydrogen) atoms. The Labute approximate surface area is 174 Å². The van der Waals surface area contributed by atoms with E-state index in [-0.39, 0.29) is 22.7 Å². The SMILES string of the molecule is CO/N=C(/C(=O)NC1C(=O)N2C(C(=O)O)=C(C)/C(=C/C(=O)OC)SC12)c1ccco1. The van der Waals surface area contributed by atoms with Crippen LogP contribution in [0.25, 0.3) is 0 Å². The van der Waals surface area contributed by atoms with E-state index in [9.17, 15) is 24.3 Å². The van der Waals surface area contributed by atoms with Gasteiger partial charge in [0.15, 0.2) is 5.76 Å². The third-order valence-electron chi connectivity index (χ3n) is 4.35. The molecule has 1 fully saturated rings. The minimum absolute atomic E-state index is 0.127. The lowest BCUT2D eigenvalue weighted by Gasteiger charge is -2.49. The van der Waals surface area contributed by atoms with Gasteiger partial charge in [0.2, 0.25) is 5.71 Å². The quantitative estimate of drug-likeness (QED) is 0.214. The normalized spacial score (nSPS) is 22.4. The molecule has 1 aromatic rings. The second-order valence-corrected chi connectivity index (χ2v) is 7.24. The van der Waals surface area contributed by atoms with Crippen molar-refractivity contribution in [2.24, 2.45) is 5.16 Å². The van der Waals surface area contributed by atoms with Crippen LogP contribution in [0.5, 0.6) is 0 Å². The number of carboxylic acid groups (broad SMARTS) is 1. The van der Waals surface area contributed by atoms with Crippen LogP contribution in [0, 0.1) is 0 Å². The summed E-state index contributed by atoms with van der Waals surface area (Å²) >= 11 is 1.07. The molecular weight excluding hydrogens is 418 g/mol. The van der Waals surface area contributed by atoms with E-state index in [1.807, 2.05) is 0 Å². The van der Waals surface area contributed by atoms with Crippen molar-refractivity contribution >= 4 is 41.2 Å². The fourth-order valence-electron chi connectivity index (χ4n) is 2.96. The van der Waals surface area contributed by atoms with Crippen LogP contribution < -0.4 is 5.32 Å². The lowest BCUT2D eigenvalue weighted by molar-refractivity contribution is -0.150. The van der Waals surface area contributed by atoms with Gasteiger partial charge in [-0.25, -0.2) is 9.59 Å². The van der Waals surface area contributed by atoms with Crippen LogP contribution in [0.1, 0.15) is 12.7 Å². The summed E-state index contributed by atoms with van der Waals surface area (Å²) in [6.07, 6.45) is 2.49. The maximum Gasteiger partial charge on any atom is 0.352 e. The summed E-state index contributed by atoms with van der Waals surface area (Å²) in [6, 6.07) is 1.99. The van der Waals surface area contributed by atoms with Crippen molar-refractivity contribution in [2.75, 3.05) is 14.2 Å². The summed E-state index contributed by atoms with van der Waals surface area (Å²) in [6.45, 7) is 1.49. The van der Waals surface area contributed by atoms with Crippen molar-refractivity contribution in [2.45, 2.75) is 18.3 Å². The van der Waals surface area contributed by atoms with Gasteiger partial charge in [0.1, 0.15) is 24.2 Å². The molecule has 0 aliphatic carbocycles. The van der Waals surface area contributed by atoms with Crippen LogP contribution in [-0.2, 0) is 28.8 Å². The number of thioether (sulfide) groups is 1. The molecule has 11 nitrogen and oxygen atoms in total. The molecule has 0 radical (unpaired) electrons. The standard InChI is InChI=1S/C18H17N3O8S/c1-8-10(7-11(22)27-2)30-17-13(16(24)21(17)14(8)18(25)26)19-15(23)12(20-28-3)9-5-4-6-29-9/h4-7,13,17H,1-3H3,(H,19,23)(H,25,26)/b10-7-,20-12+. The Kier molecular flexibility index (Phi) is 5.96. The van der Waals surface area contributed by atoms with Crippen molar-refractivity contribution in [1.82, 2.24) is 10.2 Å². The maximum atomic E-state index is 12.7. The van der Waals surface area contributed by atoms with Gasteiger partial charge in [-0.2, -0.15) is 0 Å². The van der Waals surface area contributed by atoms with Crippen molar-refractivity contribution < 1.29 is 38.3 Å². The number of furan rings is 1. The lowest BCUT2D eigenvalue weighted by Crippen LogP contribution is -2.70. The van der Waals surface area contributed by atoms with Gasteiger partial charge in [-0.1, -0.05) is 16.9 Å². The number of nitrogens with one attached hydrogen (secondary N) is 1. The highest BCUT2D eigenvalue weighted by Gasteiger charge is 2.55. The summed E-state index contributed by atoms with van der Waals surface area (Å²) in [5, 5.41) is 14.9. The zero-order valence-electron chi connectivity index (χ0n) is 16.1. The molecule has 2 aliphatic heterocycles. The van der Waals surface area contributed by atoms with E-state index in [0.29, 0.717) is 4.91 Å². The minimum Gasteiger partial charge on any atom is -0.477 e. The molecule has 2 aliphatic rings. The molecule has 2 atom stereocenters. The lowest BCUT2D eigenvalue weighted by atomic mass is 10.0. The van der Waals surface area contributed by atoms with Gasteiger partial charge >= 0.3 is 11.9 Å². The summed E-state index contributed by atoms with van der Waals surface area (Å²) < 4.78 is 9.75. The average molecular weight is 435 g/mol. The van der Waals surface area contributed by atoms with Crippen LogP contribution in [0.4, 0.5) is 0 Å². The first-order valence-corrected chi connectivity index (χ1v) is 9.37. The Morgan fingerprint density at radius 3 is 2.67 bits per heavy atom. The third kappa shape index (κ3) is 3.68. The molecule has 0 spiro atoms. The van der Waals surface area contributed by atoms with Crippen molar-refractivity contribution in [3.63, 3.8) is 0 Å². The molecule has 1 saturated heterocycles. The molecule has 2 N–H and O–H groups in total. The highest BCUT2D eigenvalue weighted by Crippen LogP contribution is 2.46. The summed E-state index contributed by atoms with van der Waals surface area (Å²) in [7, 11) is 2.44. The minimum atomic E-state index is -1.33. The molecule has 0 saturated carbocycles. The average Bonchev–Trinajstić information content (AvgIpc) is 3.25. The van der Waals surface area contributed by atoms with Gasteiger partial charge in [-0.3, -0.25) is 14.5 Å². The van der Waals surface area contributed by atoms with Crippen LogP contribution in [0.15, 0.2) is 50.2 Å². The Balaban J connectivity index is 1.88. The summed E-state index contributed by atoms with van der Waals surface area (Å²) in [5.74, 6) is -3.22. The number of rotatable bonds is 6. The Morgan fingerprint density at radius 2 is 2.10 bits per heavy atom. The number of allylic oxidation sites excluding steroid dienone is 1. The van der Waals surface area contributed by atoms with E-state index < -0.39 is 35.2 Å². The second-order valence-electron chi connectivity index (χ2n) is 6.08. The number of hydrogen-bond donors (Lipinski definition) is 2. The number of amides is 2. The van der Waals surface area contributed by atoms with E-state index in [0.717, 1.165) is 22.7 Å². The number of carbonyl (C=O) groups excluding carboxylic acids is 3. The number of esters is 1. The molecule has 2 unspecified atom stereocenters. The summed E-state index contributed by atoms with van der Waals surface area (Å²) in [4.78, 5) is 54.8. The topological polar surface area (TPSA) is 148 Å². The number of oxime groups is 1. The van der Waals surface area contributed by atoms with E-state index in [4.69, 9.17) is 4.42 Å². The predicted octanol–water partition coefficient (Wildman–Crippen LogP) is 0.446. The number of carbonyl (C=O) groups is 4. The number of carboxylic acids is 1. The molecule has 1 aromatic heterocycles. The Morgan fingerprint density at radius 1 is 1.37 bits per heavy atom. The zero-order valence-corrected chi connectivity index (χ0v) is 16.9. The van der Waals surface area contributed by atoms with Crippen molar-refractivity contribution in [3.8, 4) is 0 Å². The number of aliphatic carboxylic acids is 1. The second kappa shape index (κ2) is 8.45. The number of fused-ring (bicyclic) bond motifs is 1. The van der Waals surface area contributed by atoms with Crippen LogP contribution in [0.2, 0.25) is 0 Å². The van der Waals surface area contributed by atoms with Gasteiger partial charge in [-0.15, -0.1) is 0 Å². The molecule has 2 amide bonds. The first kappa shape index (κ1) is 21.2. The van der Waals surface area contributed by atoms with E-state index in [2.05, 4.69) is 20.0 Å². The molecule has 0 bridgehead atoms. The fourth-order valence-corrected chi connectivity index (χ4v) is 4.29. The van der Waals surface area contributed by atoms with Crippen LogP contribution >= 0.6 is 11.8 Å². The Bertz CT molecular complexity index is 995. The highest BCUT2D eigenvalue weighted by atomic mass is 32.2. The first-order chi connectivity index (χ1) is 14.3. The fraction of sp³-hybridized carbons (Fsp3) is 0.278. The smallest absolute Gasteiger partial charge is 0.352 e. The molecule has 12 heteroatoms. The van der Waals surface area contributed by atoms with Gasteiger partial charge < -0.3 is 24.4 Å². The number of nitrogens with zero attached hydrogens (tertiary/aromatic N) is 2. The van der Waals surface area contributed by atoms with Gasteiger partial charge in [0, 0.05) is 11.0 Å². The number of hydrogen-bond acceptors (Lipinski definition) is 9. The zero-order chi connectivity index (χ0) is 22.0. The molecule has 0 aromatic carbocycles. The number of methoxy groups -OCH3 is 1. The molecule has 3 rings (SSSR count). The van der Waals surface area contributed by atoms with Gasteiger partial charge in [-0.05, 0) is 24.6 Å². The molecule has 3 heterocycles. The largest absolute Gasteiger partial charge is 0.477 e. The van der Waals surface area contributed by atoms with Crippen molar-refractivity contribution in [1.29, 1.82) is 0 Å². The Hall–Kier alpha value is -3.54. The van der Waals surface area contributed by atoms with E-state index in [1.165, 1.54) is 33.5 Å². The molecular formula is C18H17N3O8S. The first-order valence-electron chi connectivity index (χ1n) is 8.50. The summed E-state index contributed by atoms with van der Waals surface area (Å²) in [5.41, 5.74) is -0.212. The van der Waals surface area contributed by atoms with Crippen LogP contribution in [-0.4, -0.2) is 65.1 Å². The van der Waals surface area contributed by atoms with Crippen molar-refractivity contribution in [3.05, 3.63) is 46.4 Å². The number of β-lactam (4-membered cyclic amide) rings is 1. The highest BCUT2D eigenvalue weighted by molar-refractivity contribution is 8.04.